The topological polar surface area (TPSA) is 66.5 Å². The highest BCUT2D eigenvalue weighted by molar-refractivity contribution is 7.97. The number of aryl methyl sites for hydroxylation is 1. The molecule has 5 nitrogen and oxygen atoms in total. The van der Waals surface area contributed by atoms with E-state index < -0.39 is 15.8 Å². The lowest BCUT2D eigenvalue weighted by Crippen LogP contribution is -2.38. The highest BCUT2D eigenvalue weighted by Gasteiger charge is 2.41. The van der Waals surface area contributed by atoms with Crippen molar-refractivity contribution in [3.63, 3.8) is 0 Å². The van der Waals surface area contributed by atoms with E-state index in [0.717, 1.165) is 11.1 Å². The molecule has 0 atom stereocenters. The van der Waals surface area contributed by atoms with Crippen LogP contribution in [-0.4, -0.2) is 14.2 Å². The fourth-order valence-electron chi connectivity index (χ4n) is 3.10. The number of ketones is 1. The molecular weight excluding hydrogens is 428 g/mol. The third-order valence-electron chi connectivity index (χ3n) is 4.64. The summed E-state index contributed by atoms with van der Waals surface area (Å²) in [5, 5.41) is 5.19. The Bertz CT molecular complexity index is 1220. The predicted molar refractivity (Wildman–Crippen MR) is 118 cm³/mol. The van der Waals surface area contributed by atoms with Gasteiger partial charge in [0, 0.05) is 16.9 Å². The van der Waals surface area contributed by atoms with Gasteiger partial charge in [-0.3, -0.25) is 9.10 Å². The molecular formula is C21H17ClN2O3S2. The quantitative estimate of drug-likeness (QED) is 0.562. The van der Waals surface area contributed by atoms with Crippen LogP contribution in [0.4, 0.5) is 11.4 Å². The molecule has 1 aliphatic rings. The highest BCUT2D eigenvalue weighted by Crippen LogP contribution is 2.39. The first kappa shape index (κ1) is 19.7. The summed E-state index contributed by atoms with van der Waals surface area (Å²) < 4.78 is 28.0. The molecule has 0 amide bonds. The average Bonchev–Trinajstić information content (AvgIpc) is 3.18. The Hall–Kier alpha value is -2.61. The van der Waals surface area contributed by atoms with Crippen LogP contribution in [-0.2, 0) is 16.6 Å². The molecule has 148 valence electrons. The van der Waals surface area contributed by atoms with Crippen molar-refractivity contribution < 1.29 is 13.2 Å². The lowest BCUT2D eigenvalue weighted by molar-refractivity contribution is 0.104. The van der Waals surface area contributed by atoms with E-state index in [-0.39, 0.29) is 11.4 Å². The Balaban J connectivity index is 1.77. The lowest BCUT2D eigenvalue weighted by Gasteiger charge is -2.29. The molecule has 3 aromatic rings. The third-order valence-corrected chi connectivity index (χ3v) is 7.54. The largest absolute Gasteiger partial charge is 0.360 e. The zero-order valence-electron chi connectivity index (χ0n) is 15.4. The number of hydrogen-bond acceptors (Lipinski definition) is 5. The van der Waals surface area contributed by atoms with Gasteiger partial charge in [0.15, 0.2) is 4.91 Å². The number of rotatable bonds is 4. The minimum Gasteiger partial charge on any atom is -0.360 e. The summed E-state index contributed by atoms with van der Waals surface area (Å²) in [6, 6.07) is 16.2. The lowest BCUT2D eigenvalue weighted by atomic mass is 10.2. The van der Waals surface area contributed by atoms with Crippen molar-refractivity contribution >= 4 is 50.1 Å². The van der Waals surface area contributed by atoms with E-state index in [9.17, 15) is 13.2 Å². The van der Waals surface area contributed by atoms with Gasteiger partial charge in [0.05, 0.1) is 12.2 Å². The van der Waals surface area contributed by atoms with Gasteiger partial charge in [-0.1, -0.05) is 48.0 Å². The van der Waals surface area contributed by atoms with Gasteiger partial charge in [0.2, 0.25) is 5.78 Å². The number of nitrogens with zero attached hydrogens (tertiary/aromatic N) is 1. The number of allylic oxidation sites excluding steroid dienone is 1. The van der Waals surface area contributed by atoms with Crippen LogP contribution in [0.15, 0.2) is 71.1 Å². The van der Waals surface area contributed by atoms with Crippen LogP contribution in [0.1, 0.15) is 20.8 Å². The van der Waals surface area contributed by atoms with Gasteiger partial charge in [-0.05, 0) is 41.6 Å². The van der Waals surface area contributed by atoms with E-state index >= 15 is 0 Å². The summed E-state index contributed by atoms with van der Waals surface area (Å²) in [5.74, 6) is -0.508. The highest BCUT2D eigenvalue weighted by atomic mass is 35.5. The van der Waals surface area contributed by atoms with Crippen molar-refractivity contribution in [3.05, 3.63) is 92.1 Å². The summed E-state index contributed by atoms with van der Waals surface area (Å²) in [6.45, 7) is 2.02. The van der Waals surface area contributed by atoms with Crippen molar-refractivity contribution in [2.24, 2.45) is 0 Å². The molecule has 4 rings (SSSR count). The molecule has 29 heavy (non-hydrogen) atoms. The number of carbonyl (C=O) groups is 1. The molecule has 8 heteroatoms. The van der Waals surface area contributed by atoms with E-state index in [1.54, 1.807) is 23.6 Å². The zero-order chi connectivity index (χ0) is 20.6. The van der Waals surface area contributed by atoms with Crippen molar-refractivity contribution in [1.82, 2.24) is 0 Å². The van der Waals surface area contributed by atoms with E-state index in [2.05, 4.69) is 5.32 Å². The average molecular weight is 445 g/mol. The van der Waals surface area contributed by atoms with Gasteiger partial charge in [0.25, 0.3) is 10.0 Å². The third kappa shape index (κ3) is 3.69. The molecule has 0 saturated heterocycles. The smallest absolute Gasteiger partial charge is 0.270 e. The fourth-order valence-corrected chi connectivity index (χ4v) is 5.75. The maximum absolute atomic E-state index is 13.3. The maximum atomic E-state index is 13.3. The molecule has 0 radical (unpaired) electrons. The van der Waals surface area contributed by atoms with Crippen molar-refractivity contribution in [1.29, 1.82) is 0 Å². The molecule has 0 saturated carbocycles. The van der Waals surface area contributed by atoms with Crippen LogP contribution in [0.2, 0.25) is 5.02 Å². The number of nitrogens with one attached hydrogen (secondary N) is 1. The molecule has 1 aromatic heterocycles. The van der Waals surface area contributed by atoms with Crippen LogP contribution in [0, 0.1) is 6.92 Å². The Morgan fingerprint density at radius 1 is 1.14 bits per heavy atom. The number of thiophene rings is 1. The Morgan fingerprint density at radius 2 is 1.90 bits per heavy atom. The first-order valence-corrected chi connectivity index (χ1v) is 11.5. The van der Waals surface area contributed by atoms with E-state index in [1.165, 1.54) is 21.8 Å². The number of sulfonamides is 1. The standard InChI is InChI=1S/C21H17ClN2O3S2/c1-14-7-8-16(22)11-17(14)23-12-19-20(25)21-18(9-10-28-21)24(29(19,26)27)13-15-5-3-2-4-6-15/h2-12,23H,13H2,1H3/b19-12-. The first-order chi connectivity index (χ1) is 13.9. The molecule has 0 aliphatic carbocycles. The predicted octanol–water partition coefficient (Wildman–Crippen LogP) is 5.20. The summed E-state index contributed by atoms with van der Waals surface area (Å²) in [5.41, 5.74) is 2.77. The molecule has 0 spiro atoms. The van der Waals surface area contributed by atoms with Crippen LogP contribution >= 0.6 is 22.9 Å². The minimum absolute atomic E-state index is 0.147. The fraction of sp³-hybridized carbons (Fsp3) is 0.0952. The molecule has 1 aliphatic heterocycles. The second-order valence-corrected chi connectivity index (χ2v) is 9.76. The minimum atomic E-state index is -4.03. The number of benzene rings is 2. The molecule has 2 heterocycles. The van der Waals surface area contributed by atoms with Gasteiger partial charge in [0.1, 0.15) is 4.88 Å². The molecule has 0 bridgehead atoms. The van der Waals surface area contributed by atoms with Gasteiger partial charge >= 0.3 is 0 Å². The number of anilines is 2. The van der Waals surface area contributed by atoms with Crippen molar-refractivity contribution in [2.75, 3.05) is 9.62 Å². The molecule has 0 unspecified atom stereocenters. The Labute approximate surface area is 178 Å². The second kappa shape index (κ2) is 7.67. The summed E-state index contributed by atoms with van der Waals surface area (Å²) in [6.07, 6.45) is 1.26. The zero-order valence-corrected chi connectivity index (χ0v) is 17.8. The van der Waals surface area contributed by atoms with E-state index in [0.29, 0.717) is 21.3 Å². The van der Waals surface area contributed by atoms with Gasteiger partial charge in [-0.15, -0.1) is 11.3 Å². The first-order valence-electron chi connectivity index (χ1n) is 8.79. The van der Waals surface area contributed by atoms with Crippen molar-refractivity contribution in [3.8, 4) is 0 Å². The van der Waals surface area contributed by atoms with Crippen LogP contribution in [0.5, 0.6) is 0 Å². The van der Waals surface area contributed by atoms with E-state index in [1.807, 2.05) is 43.3 Å². The monoisotopic (exact) mass is 444 g/mol. The van der Waals surface area contributed by atoms with E-state index in [4.69, 9.17) is 11.6 Å². The summed E-state index contributed by atoms with van der Waals surface area (Å²) in [4.78, 5) is 13.1. The van der Waals surface area contributed by atoms with Crippen LogP contribution in [0.25, 0.3) is 0 Å². The van der Waals surface area contributed by atoms with Crippen LogP contribution in [0.3, 0.4) is 0 Å². The van der Waals surface area contributed by atoms with Gasteiger partial charge in [-0.2, -0.15) is 0 Å². The van der Waals surface area contributed by atoms with Crippen molar-refractivity contribution in [2.45, 2.75) is 13.5 Å². The normalized spacial score (nSPS) is 16.7. The summed E-state index contributed by atoms with van der Waals surface area (Å²) >= 11 is 7.27. The Morgan fingerprint density at radius 3 is 2.66 bits per heavy atom. The Kier molecular flexibility index (Phi) is 5.21. The van der Waals surface area contributed by atoms with Gasteiger partial charge in [-0.25, -0.2) is 8.42 Å². The maximum Gasteiger partial charge on any atom is 0.270 e. The number of halogens is 1. The van der Waals surface area contributed by atoms with Crippen LogP contribution < -0.4 is 9.62 Å². The number of Topliss-reactive ketones (excluding diaryl/α,β-unsaturated/α-hetero) is 1. The SMILES string of the molecule is Cc1ccc(Cl)cc1N/C=C1/C(=O)c2sccc2N(Cc2ccccc2)S1(=O)=O. The number of carbonyl (C=O) groups excluding carboxylic acids is 1. The van der Waals surface area contributed by atoms with Gasteiger partial charge < -0.3 is 5.32 Å². The molecule has 0 fully saturated rings. The number of hydrogen-bond donors (Lipinski definition) is 1. The summed E-state index contributed by atoms with van der Waals surface area (Å²) in [7, 11) is -4.03. The molecule has 2 aromatic carbocycles. The second-order valence-electron chi connectivity index (χ2n) is 6.57. The number of fused-ring (bicyclic) bond motifs is 1. The molecule has 1 N–H and O–H groups in total.